The molecular weight excluding hydrogens is 432 g/mol. The van der Waals surface area contributed by atoms with E-state index in [0.717, 1.165) is 22.9 Å². The monoisotopic (exact) mass is 458 g/mol. The van der Waals surface area contributed by atoms with Crippen molar-refractivity contribution in [3.05, 3.63) is 69.7 Å². The number of carbonyl (C=O) groups excluding carboxylic acids is 1. The molecule has 0 radical (unpaired) electrons. The van der Waals surface area contributed by atoms with Crippen LogP contribution in [-0.2, 0) is 12.5 Å². The van der Waals surface area contributed by atoms with E-state index >= 15 is 0 Å². The summed E-state index contributed by atoms with van der Waals surface area (Å²) in [6, 6.07) is 13.7. The second-order valence-electron chi connectivity index (χ2n) is 7.69. The molecule has 0 atom stereocenters. The highest BCUT2D eigenvalue weighted by Crippen LogP contribution is 2.18. The predicted molar refractivity (Wildman–Crippen MR) is 113 cm³/mol. The molecule has 2 aromatic rings. The van der Waals surface area contributed by atoms with Gasteiger partial charge in [0.1, 0.15) is 0 Å². The van der Waals surface area contributed by atoms with Gasteiger partial charge in [0.2, 0.25) is 0 Å². The first-order valence-corrected chi connectivity index (χ1v) is 11.0. The van der Waals surface area contributed by atoms with Crippen molar-refractivity contribution in [2.75, 3.05) is 0 Å². The highest BCUT2D eigenvalue weighted by molar-refractivity contribution is 9.10. The van der Waals surface area contributed by atoms with Gasteiger partial charge >= 0.3 is 0 Å². The van der Waals surface area contributed by atoms with Gasteiger partial charge in [-0.25, -0.2) is 0 Å². The molecule has 156 valence electrons. The van der Waals surface area contributed by atoms with Gasteiger partial charge in [0.25, 0.3) is 5.91 Å². The average Bonchev–Trinajstić information content (AvgIpc) is 2.69. The summed E-state index contributed by atoms with van der Waals surface area (Å²) in [7, 11) is 0. The van der Waals surface area contributed by atoms with Crippen molar-refractivity contribution >= 4 is 21.8 Å². The van der Waals surface area contributed by atoms with E-state index in [4.69, 9.17) is 0 Å². The minimum atomic E-state index is -2.63. The Bertz CT molecular complexity index is 783. The summed E-state index contributed by atoms with van der Waals surface area (Å²) >= 11 is 3.29. The molecule has 1 aliphatic rings. The van der Waals surface area contributed by atoms with Gasteiger partial charge in [0.05, 0.1) is 0 Å². The third-order valence-corrected chi connectivity index (χ3v) is 5.93. The van der Waals surface area contributed by atoms with Crippen LogP contribution in [-0.4, -0.2) is 11.9 Å². The Hall–Kier alpha value is -1.73. The largest absolute Gasteiger partial charge is 0.848 e. The Morgan fingerprint density at radius 1 is 0.931 bits per heavy atom. The highest BCUT2D eigenvalue weighted by Gasteiger charge is 2.15. The summed E-state index contributed by atoms with van der Waals surface area (Å²) in [5.41, 5.74) is 1.51. The summed E-state index contributed by atoms with van der Waals surface area (Å²) in [4.78, 5) is 12.5. The minimum absolute atomic E-state index is 0.0630. The number of hydrogen-bond donors (Lipinski definition) is 2. The summed E-state index contributed by atoms with van der Waals surface area (Å²) in [5, 5.41) is 30.2. The zero-order valence-electron chi connectivity index (χ0n) is 16.5. The van der Waals surface area contributed by atoms with Crippen molar-refractivity contribution in [3.8, 4) is 0 Å². The molecule has 29 heavy (non-hydrogen) atoms. The molecule has 0 unspecified atom stereocenters. The molecule has 2 N–H and O–H groups in total. The Kier molecular flexibility index (Phi) is 7.84. The van der Waals surface area contributed by atoms with Crippen molar-refractivity contribution < 1.29 is 15.0 Å². The summed E-state index contributed by atoms with van der Waals surface area (Å²) in [6.45, 7) is 0.133. The van der Waals surface area contributed by atoms with Crippen LogP contribution in [0.2, 0.25) is 0 Å². The van der Waals surface area contributed by atoms with E-state index in [9.17, 15) is 15.0 Å². The van der Waals surface area contributed by atoms with Crippen molar-refractivity contribution in [2.24, 2.45) is 0 Å². The molecule has 0 saturated heterocycles. The molecule has 1 aliphatic carbocycles. The lowest BCUT2D eigenvalue weighted by atomic mass is 9.96. The Balaban J connectivity index is 1.53. The number of rotatable bonds is 6. The molecule has 1 fully saturated rings. The van der Waals surface area contributed by atoms with Crippen LogP contribution in [0.25, 0.3) is 0 Å². The second-order valence-corrected chi connectivity index (χ2v) is 8.61. The standard InChI is InChI=1S/C23H27BrN2O3/c24-20-14-12-19(13-15-20)23(28,29)25-16-17-8-10-18(11-9-17)22(27)26-21-6-4-2-1-3-5-7-21/h8-15,21,25H,1-7,16H2,(H,26,27)/q-2. The van der Waals surface area contributed by atoms with Crippen LogP contribution in [0.1, 0.15) is 66.4 Å². The van der Waals surface area contributed by atoms with E-state index in [1.807, 2.05) is 0 Å². The van der Waals surface area contributed by atoms with Gasteiger partial charge in [-0.15, -0.1) is 5.91 Å². The molecule has 2 aromatic carbocycles. The molecule has 0 bridgehead atoms. The van der Waals surface area contributed by atoms with E-state index in [-0.39, 0.29) is 24.1 Å². The number of carbonyl (C=O) groups is 1. The normalized spacial score (nSPS) is 16.1. The molecule has 1 amide bonds. The van der Waals surface area contributed by atoms with Crippen LogP contribution < -0.4 is 20.8 Å². The van der Waals surface area contributed by atoms with E-state index in [2.05, 4.69) is 26.6 Å². The molecule has 3 rings (SSSR count). The Morgan fingerprint density at radius 3 is 2.14 bits per heavy atom. The lowest BCUT2D eigenvalue weighted by molar-refractivity contribution is -0.745. The van der Waals surface area contributed by atoms with Gasteiger partial charge in [-0.3, -0.25) is 4.79 Å². The molecule has 0 spiro atoms. The van der Waals surface area contributed by atoms with Crippen molar-refractivity contribution in [3.63, 3.8) is 0 Å². The minimum Gasteiger partial charge on any atom is -0.848 e. The molecule has 1 saturated carbocycles. The first-order chi connectivity index (χ1) is 13.9. The predicted octanol–water partition coefficient (Wildman–Crippen LogP) is 2.91. The van der Waals surface area contributed by atoms with Gasteiger partial charge in [0.15, 0.2) is 0 Å². The van der Waals surface area contributed by atoms with Crippen LogP contribution >= 0.6 is 15.9 Å². The van der Waals surface area contributed by atoms with Gasteiger partial charge < -0.3 is 20.8 Å². The maximum absolute atomic E-state index is 12.5. The highest BCUT2D eigenvalue weighted by atomic mass is 79.9. The fourth-order valence-corrected chi connectivity index (χ4v) is 3.90. The zero-order valence-corrected chi connectivity index (χ0v) is 18.0. The third kappa shape index (κ3) is 6.64. The van der Waals surface area contributed by atoms with Gasteiger partial charge in [-0.2, -0.15) is 0 Å². The number of benzene rings is 2. The van der Waals surface area contributed by atoms with Crippen molar-refractivity contribution in [1.29, 1.82) is 0 Å². The fraction of sp³-hybridized carbons (Fsp3) is 0.435. The molecule has 0 heterocycles. The number of hydrogen-bond acceptors (Lipinski definition) is 4. The number of amides is 1. The van der Waals surface area contributed by atoms with Gasteiger partial charge in [-0.05, 0) is 42.7 Å². The quantitative estimate of drug-likeness (QED) is 0.651. The van der Waals surface area contributed by atoms with Crippen LogP contribution in [0.5, 0.6) is 0 Å². The van der Waals surface area contributed by atoms with Crippen molar-refractivity contribution in [2.45, 2.75) is 63.4 Å². The maximum atomic E-state index is 12.5. The lowest BCUT2D eigenvalue weighted by Gasteiger charge is -2.50. The van der Waals surface area contributed by atoms with Crippen LogP contribution in [0.15, 0.2) is 53.0 Å². The lowest BCUT2D eigenvalue weighted by Crippen LogP contribution is -2.63. The van der Waals surface area contributed by atoms with Gasteiger partial charge in [0, 0.05) is 22.6 Å². The third-order valence-electron chi connectivity index (χ3n) is 5.41. The molecule has 6 heteroatoms. The van der Waals surface area contributed by atoms with E-state index in [1.165, 1.54) is 44.2 Å². The average molecular weight is 459 g/mol. The van der Waals surface area contributed by atoms with Crippen LogP contribution in [0, 0.1) is 0 Å². The first kappa shape index (κ1) is 22.0. The van der Waals surface area contributed by atoms with Crippen LogP contribution in [0.3, 0.4) is 0 Å². The summed E-state index contributed by atoms with van der Waals surface area (Å²) in [5.74, 6) is -2.69. The summed E-state index contributed by atoms with van der Waals surface area (Å²) < 4.78 is 0.810. The fourth-order valence-electron chi connectivity index (χ4n) is 3.63. The van der Waals surface area contributed by atoms with Crippen molar-refractivity contribution in [1.82, 2.24) is 10.6 Å². The Labute approximate surface area is 180 Å². The Morgan fingerprint density at radius 2 is 1.52 bits per heavy atom. The van der Waals surface area contributed by atoms with Gasteiger partial charge in [-0.1, -0.05) is 77.9 Å². The van der Waals surface area contributed by atoms with Crippen LogP contribution in [0.4, 0.5) is 0 Å². The van der Waals surface area contributed by atoms with E-state index in [0.29, 0.717) is 5.56 Å². The second kappa shape index (κ2) is 10.3. The number of halogens is 1. The van der Waals surface area contributed by atoms with E-state index < -0.39 is 5.91 Å². The summed E-state index contributed by atoms with van der Waals surface area (Å²) in [6.07, 6.45) is 8.20. The maximum Gasteiger partial charge on any atom is 0.251 e. The van der Waals surface area contributed by atoms with E-state index in [1.54, 1.807) is 36.4 Å². The molecule has 0 aliphatic heterocycles. The SMILES string of the molecule is O=C(NC1CCCCCCC1)c1ccc(CNC([O-])([O-])c2ccc(Br)cc2)cc1. The molecule has 0 aromatic heterocycles. The topological polar surface area (TPSA) is 87.2 Å². The molecule has 5 nitrogen and oxygen atoms in total. The number of nitrogens with one attached hydrogen (secondary N) is 2. The first-order valence-electron chi connectivity index (χ1n) is 10.3. The smallest absolute Gasteiger partial charge is 0.251 e. The molecular formula is C23H27BrN2O3-2. The zero-order chi connectivity index (χ0) is 20.7.